The van der Waals surface area contributed by atoms with Crippen LogP contribution in [0.1, 0.15) is 16.1 Å². The summed E-state index contributed by atoms with van der Waals surface area (Å²) >= 11 is 0. The highest BCUT2D eigenvalue weighted by Crippen LogP contribution is 2.30. The number of rotatable bonds is 4. The van der Waals surface area contributed by atoms with E-state index in [0.29, 0.717) is 22.9 Å². The maximum atomic E-state index is 12.9. The molecule has 1 N–H and O–H groups in total. The van der Waals surface area contributed by atoms with Crippen LogP contribution in [0.4, 0.5) is 0 Å². The van der Waals surface area contributed by atoms with Crippen LogP contribution in [0.3, 0.4) is 0 Å². The van der Waals surface area contributed by atoms with E-state index in [1.807, 2.05) is 72.8 Å². The first-order chi connectivity index (χ1) is 13.2. The standard InChI is InChI=1S/C23H17NO3/c25-22(24-15-16-9-3-1-4-10-16)21-20(17-11-5-2-6-12-17)18-13-7-8-14-19(18)23(26)27-21/h1-14H,15H2,(H,24,25). The first-order valence-corrected chi connectivity index (χ1v) is 8.67. The number of carbonyl (C=O) groups is 1. The van der Waals surface area contributed by atoms with Crippen LogP contribution >= 0.6 is 0 Å². The molecule has 0 fully saturated rings. The summed E-state index contributed by atoms with van der Waals surface area (Å²) in [5.41, 5.74) is 1.89. The summed E-state index contributed by atoms with van der Waals surface area (Å²) in [5.74, 6) is -0.388. The van der Waals surface area contributed by atoms with Gasteiger partial charge in [-0.25, -0.2) is 4.79 Å². The summed E-state index contributed by atoms with van der Waals surface area (Å²) in [7, 11) is 0. The Morgan fingerprint density at radius 3 is 2.07 bits per heavy atom. The zero-order chi connectivity index (χ0) is 18.6. The van der Waals surface area contributed by atoms with E-state index in [2.05, 4.69) is 5.32 Å². The van der Waals surface area contributed by atoms with Crippen LogP contribution in [0, 0.1) is 0 Å². The average molecular weight is 355 g/mol. The molecule has 4 aromatic rings. The van der Waals surface area contributed by atoms with E-state index < -0.39 is 11.5 Å². The molecule has 0 saturated carbocycles. The predicted octanol–water partition coefficient (Wildman–Crippen LogP) is 4.39. The predicted molar refractivity (Wildman–Crippen MR) is 106 cm³/mol. The van der Waals surface area contributed by atoms with Crippen molar-refractivity contribution in [1.29, 1.82) is 0 Å². The smallest absolute Gasteiger partial charge is 0.344 e. The molecule has 0 aliphatic rings. The normalized spacial score (nSPS) is 10.7. The molecule has 27 heavy (non-hydrogen) atoms. The first-order valence-electron chi connectivity index (χ1n) is 8.67. The molecule has 4 heteroatoms. The molecular weight excluding hydrogens is 338 g/mol. The van der Waals surface area contributed by atoms with Gasteiger partial charge >= 0.3 is 5.63 Å². The number of carbonyl (C=O) groups excluding carboxylic acids is 1. The van der Waals surface area contributed by atoms with Crippen molar-refractivity contribution >= 4 is 16.7 Å². The van der Waals surface area contributed by atoms with E-state index in [1.165, 1.54) is 0 Å². The van der Waals surface area contributed by atoms with Crippen molar-refractivity contribution in [2.24, 2.45) is 0 Å². The molecule has 4 rings (SSSR count). The summed E-state index contributed by atoms with van der Waals surface area (Å²) in [6.45, 7) is 0.352. The van der Waals surface area contributed by atoms with Gasteiger partial charge in [-0.3, -0.25) is 4.79 Å². The summed E-state index contributed by atoms with van der Waals surface area (Å²) in [4.78, 5) is 25.3. The number of nitrogens with one attached hydrogen (secondary N) is 1. The van der Waals surface area contributed by atoms with Crippen molar-refractivity contribution in [3.05, 3.63) is 107 Å². The summed E-state index contributed by atoms with van der Waals surface area (Å²) in [6, 6.07) is 26.2. The van der Waals surface area contributed by atoms with Crippen LogP contribution in [-0.2, 0) is 6.54 Å². The van der Waals surface area contributed by atoms with Crippen LogP contribution < -0.4 is 10.9 Å². The van der Waals surface area contributed by atoms with Gasteiger partial charge in [0.05, 0.1) is 5.39 Å². The second-order valence-corrected chi connectivity index (χ2v) is 6.17. The summed E-state index contributed by atoms with van der Waals surface area (Å²) in [5, 5.41) is 4.00. The van der Waals surface area contributed by atoms with Crippen molar-refractivity contribution in [1.82, 2.24) is 5.32 Å². The Morgan fingerprint density at radius 1 is 0.778 bits per heavy atom. The molecule has 1 amide bonds. The zero-order valence-corrected chi connectivity index (χ0v) is 14.5. The highest BCUT2D eigenvalue weighted by atomic mass is 16.4. The summed E-state index contributed by atoms with van der Waals surface area (Å²) < 4.78 is 5.46. The highest BCUT2D eigenvalue weighted by molar-refractivity contribution is 6.07. The average Bonchev–Trinajstić information content (AvgIpc) is 2.73. The molecule has 0 radical (unpaired) electrons. The van der Waals surface area contributed by atoms with Crippen LogP contribution in [0.5, 0.6) is 0 Å². The number of benzene rings is 3. The van der Waals surface area contributed by atoms with Gasteiger partial charge in [-0.1, -0.05) is 78.9 Å². The molecule has 0 saturated heterocycles. The van der Waals surface area contributed by atoms with Crippen molar-refractivity contribution in [2.45, 2.75) is 6.54 Å². The van der Waals surface area contributed by atoms with Crippen LogP contribution in [0.25, 0.3) is 21.9 Å². The molecule has 0 spiro atoms. The van der Waals surface area contributed by atoms with Gasteiger partial charge in [0.2, 0.25) is 5.76 Å². The Labute approximate surface area is 156 Å². The molecule has 0 aliphatic heterocycles. The lowest BCUT2D eigenvalue weighted by atomic mass is 9.98. The maximum Gasteiger partial charge on any atom is 0.344 e. The Hall–Kier alpha value is -3.66. The van der Waals surface area contributed by atoms with Gasteiger partial charge in [0.1, 0.15) is 0 Å². The molecule has 0 atom stereocenters. The molecule has 4 nitrogen and oxygen atoms in total. The minimum absolute atomic E-state index is 0.0285. The van der Waals surface area contributed by atoms with Gasteiger partial charge in [0.15, 0.2) is 0 Å². The fraction of sp³-hybridized carbons (Fsp3) is 0.0435. The molecule has 1 aromatic heterocycles. The van der Waals surface area contributed by atoms with E-state index in [1.54, 1.807) is 12.1 Å². The molecule has 132 valence electrons. The number of hydrogen-bond donors (Lipinski definition) is 1. The number of hydrogen-bond acceptors (Lipinski definition) is 3. The van der Waals surface area contributed by atoms with E-state index in [9.17, 15) is 9.59 Å². The van der Waals surface area contributed by atoms with Gasteiger partial charge in [-0.05, 0) is 17.2 Å². The first kappa shape index (κ1) is 16.8. The monoisotopic (exact) mass is 355 g/mol. The van der Waals surface area contributed by atoms with E-state index >= 15 is 0 Å². The van der Waals surface area contributed by atoms with Crippen molar-refractivity contribution in [3.8, 4) is 11.1 Å². The Balaban J connectivity index is 1.82. The molecule has 0 aliphatic carbocycles. The number of fused-ring (bicyclic) bond motifs is 1. The minimum Gasteiger partial charge on any atom is -0.416 e. The van der Waals surface area contributed by atoms with Crippen LogP contribution in [0.2, 0.25) is 0 Å². The number of amides is 1. The quantitative estimate of drug-likeness (QED) is 0.591. The topological polar surface area (TPSA) is 59.3 Å². The van der Waals surface area contributed by atoms with E-state index in [4.69, 9.17) is 4.42 Å². The molecular formula is C23H17NO3. The zero-order valence-electron chi connectivity index (χ0n) is 14.5. The van der Waals surface area contributed by atoms with Gasteiger partial charge < -0.3 is 9.73 Å². The van der Waals surface area contributed by atoms with E-state index in [0.717, 1.165) is 11.1 Å². The lowest BCUT2D eigenvalue weighted by Gasteiger charge is -2.12. The largest absolute Gasteiger partial charge is 0.416 e. The molecule has 1 heterocycles. The Bertz CT molecular complexity index is 1150. The molecule has 0 bridgehead atoms. The van der Waals surface area contributed by atoms with Crippen LogP contribution in [-0.4, -0.2) is 5.91 Å². The third kappa shape index (κ3) is 3.37. The van der Waals surface area contributed by atoms with Crippen molar-refractivity contribution in [3.63, 3.8) is 0 Å². The van der Waals surface area contributed by atoms with Crippen molar-refractivity contribution < 1.29 is 9.21 Å². The van der Waals surface area contributed by atoms with Gasteiger partial charge in [-0.2, -0.15) is 0 Å². The lowest BCUT2D eigenvalue weighted by molar-refractivity contribution is 0.0920. The minimum atomic E-state index is -0.518. The third-order valence-electron chi connectivity index (χ3n) is 4.40. The van der Waals surface area contributed by atoms with Gasteiger partial charge in [0.25, 0.3) is 5.91 Å². The second kappa shape index (κ2) is 7.30. The molecule has 3 aromatic carbocycles. The summed E-state index contributed by atoms with van der Waals surface area (Å²) in [6.07, 6.45) is 0. The Kier molecular flexibility index (Phi) is 4.54. The second-order valence-electron chi connectivity index (χ2n) is 6.17. The van der Waals surface area contributed by atoms with Crippen molar-refractivity contribution in [2.75, 3.05) is 0 Å². The van der Waals surface area contributed by atoms with E-state index in [-0.39, 0.29) is 5.76 Å². The lowest BCUT2D eigenvalue weighted by Crippen LogP contribution is -2.25. The maximum absolute atomic E-state index is 12.9. The van der Waals surface area contributed by atoms with Gasteiger partial charge in [0, 0.05) is 17.5 Å². The third-order valence-corrected chi connectivity index (χ3v) is 4.40. The molecule has 0 unspecified atom stereocenters. The SMILES string of the molecule is O=C(NCc1ccccc1)c1oc(=O)c2ccccc2c1-c1ccccc1. The fourth-order valence-corrected chi connectivity index (χ4v) is 3.11. The van der Waals surface area contributed by atoms with Crippen LogP contribution in [0.15, 0.2) is 94.1 Å². The Morgan fingerprint density at radius 2 is 1.37 bits per heavy atom. The highest BCUT2D eigenvalue weighted by Gasteiger charge is 2.20. The van der Waals surface area contributed by atoms with Gasteiger partial charge in [-0.15, -0.1) is 0 Å². The fourth-order valence-electron chi connectivity index (χ4n) is 3.11.